The number of carbonyl (C=O) groups excluding carboxylic acids is 1. The summed E-state index contributed by atoms with van der Waals surface area (Å²) in [4.78, 5) is 12.2. The second-order valence-electron chi connectivity index (χ2n) is 5.98. The van der Waals surface area contributed by atoms with Crippen LogP contribution in [0.4, 0.5) is 0 Å². The molecule has 0 atom stereocenters. The normalized spacial score (nSPS) is 15.0. The molecule has 0 unspecified atom stereocenters. The molecule has 0 amide bonds. The van der Waals surface area contributed by atoms with Gasteiger partial charge < -0.3 is 9.05 Å². The molecule has 0 saturated heterocycles. The molecule has 0 aromatic heterocycles. The summed E-state index contributed by atoms with van der Waals surface area (Å²) in [5.74, 6) is 0.651. The number of hydrogen-bond acceptors (Lipinski definition) is 5. The van der Waals surface area contributed by atoms with Gasteiger partial charge in [0.15, 0.2) is 5.78 Å². The van der Waals surface area contributed by atoms with Crippen molar-refractivity contribution in [3.05, 3.63) is 60.7 Å². The van der Waals surface area contributed by atoms with Gasteiger partial charge in [-0.05, 0) is 37.1 Å². The number of para-hydroxylation sites is 2. The van der Waals surface area contributed by atoms with Gasteiger partial charge >= 0.3 is 7.82 Å². The van der Waals surface area contributed by atoms with Crippen molar-refractivity contribution in [1.82, 2.24) is 0 Å². The van der Waals surface area contributed by atoms with Crippen molar-refractivity contribution in [2.24, 2.45) is 5.92 Å². The largest absolute Gasteiger partial charge is 0.587 e. The summed E-state index contributed by atoms with van der Waals surface area (Å²) in [5, 5.41) is 0. The summed E-state index contributed by atoms with van der Waals surface area (Å²) in [5.41, 5.74) is 0. The number of hydrogen-bond donors (Lipinski definition) is 0. The van der Waals surface area contributed by atoms with Gasteiger partial charge in [0.1, 0.15) is 18.1 Å². The van der Waals surface area contributed by atoms with E-state index in [2.05, 4.69) is 0 Å². The fourth-order valence-electron chi connectivity index (χ4n) is 2.80. The molecule has 0 heterocycles. The van der Waals surface area contributed by atoms with Crippen LogP contribution in [0.25, 0.3) is 0 Å². The summed E-state index contributed by atoms with van der Waals surface area (Å²) in [6, 6.07) is 17.3. The highest BCUT2D eigenvalue weighted by Crippen LogP contribution is 2.49. The molecule has 6 heteroatoms. The molecule has 1 aliphatic rings. The Kier molecular flexibility index (Phi) is 5.90. The van der Waals surface area contributed by atoms with Crippen LogP contribution in [0.1, 0.15) is 25.7 Å². The average Bonchev–Trinajstić information content (AvgIpc) is 3.16. The van der Waals surface area contributed by atoms with Crippen LogP contribution in [0, 0.1) is 5.92 Å². The van der Waals surface area contributed by atoms with Crippen molar-refractivity contribution in [3.63, 3.8) is 0 Å². The fraction of sp³-hybridized carbons (Fsp3) is 0.316. The first-order valence-electron chi connectivity index (χ1n) is 8.41. The molecule has 0 aliphatic heterocycles. The number of benzene rings is 2. The number of rotatable bonds is 8. The summed E-state index contributed by atoms with van der Waals surface area (Å²) < 4.78 is 29.4. The van der Waals surface area contributed by atoms with E-state index in [-0.39, 0.29) is 18.3 Å². The van der Waals surface area contributed by atoms with E-state index in [0.29, 0.717) is 11.5 Å². The molecular weight excluding hydrogens is 339 g/mol. The van der Waals surface area contributed by atoms with Gasteiger partial charge in [-0.2, -0.15) is 0 Å². The highest BCUT2D eigenvalue weighted by atomic mass is 31.2. The Hall–Kier alpha value is -2.10. The van der Waals surface area contributed by atoms with E-state index >= 15 is 0 Å². The van der Waals surface area contributed by atoms with E-state index in [0.717, 1.165) is 25.7 Å². The molecule has 2 aromatic rings. The summed E-state index contributed by atoms with van der Waals surface area (Å²) in [6.07, 6.45) is 3.83. The Balaban J connectivity index is 1.71. The van der Waals surface area contributed by atoms with Crippen LogP contribution in [0.3, 0.4) is 0 Å². The second kappa shape index (κ2) is 8.32. The predicted molar refractivity (Wildman–Crippen MR) is 94.7 cm³/mol. The van der Waals surface area contributed by atoms with Gasteiger partial charge in [-0.25, -0.2) is 4.57 Å². The first-order valence-corrected chi connectivity index (χ1v) is 9.87. The molecule has 5 nitrogen and oxygen atoms in total. The topological polar surface area (TPSA) is 61.8 Å². The van der Waals surface area contributed by atoms with Crippen molar-refractivity contribution in [2.45, 2.75) is 25.7 Å². The lowest BCUT2D eigenvalue weighted by Crippen LogP contribution is -2.18. The summed E-state index contributed by atoms with van der Waals surface area (Å²) in [7, 11) is -3.98. The molecule has 0 spiro atoms. The van der Waals surface area contributed by atoms with Crippen LogP contribution in [-0.4, -0.2) is 12.4 Å². The Morgan fingerprint density at radius 3 is 1.84 bits per heavy atom. The van der Waals surface area contributed by atoms with Crippen molar-refractivity contribution in [2.75, 3.05) is 6.61 Å². The molecule has 1 saturated carbocycles. The molecular formula is C19H21O5P. The molecule has 1 fully saturated rings. The third-order valence-corrected chi connectivity index (χ3v) is 5.41. The standard InChI is InChI=1S/C19H21O5P/c20-19(16-9-7-8-10-16)15-22-25(21,23-17-11-3-1-4-12-17)24-18-13-5-2-6-14-18/h1-6,11-14,16H,7-10,15H2. The first kappa shape index (κ1) is 17.7. The van der Waals surface area contributed by atoms with Crippen molar-refractivity contribution in [1.29, 1.82) is 0 Å². The minimum absolute atomic E-state index is 0.0121. The Labute approximate surface area is 147 Å². The van der Waals surface area contributed by atoms with Crippen LogP contribution in [-0.2, 0) is 13.9 Å². The molecule has 3 rings (SSSR count). The first-order chi connectivity index (χ1) is 12.1. The van der Waals surface area contributed by atoms with Gasteiger partial charge in [0, 0.05) is 5.92 Å². The van der Waals surface area contributed by atoms with E-state index in [4.69, 9.17) is 13.6 Å². The maximum atomic E-state index is 13.1. The number of ketones is 1. The number of carbonyl (C=O) groups is 1. The lowest BCUT2D eigenvalue weighted by Gasteiger charge is -2.19. The average molecular weight is 360 g/mol. The van der Waals surface area contributed by atoms with E-state index < -0.39 is 7.82 Å². The van der Waals surface area contributed by atoms with E-state index in [1.807, 2.05) is 12.1 Å². The van der Waals surface area contributed by atoms with E-state index in [1.165, 1.54) is 0 Å². The number of phosphoric ester groups is 1. The van der Waals surface area contributed by atoms with Gasteiger partial charge in [-0.1, -0.05) is 49.2 Å². The molecule has 2 aromatic carbocycles. The molecule has 0 radical (unpaired) electrons. The third-order valence-electron chi connectivity index (χ3n) is 4.10. The smallest absolute Gasteiger partial charge is 0.395 e. The Morgan fingerprint density at radius 1 is 0.880 bits per heavy atom. The highest BCUT2D eigenvalue weighted by Gasteiger charge is 2.33. The summed E-state index contributed by atoms with van der Waals surface area (Å²) in [6.45, 7) is -0.276. The molecule has 0 N–H and O–H groups in total. The van der Waals surface area contributed by atoms with Crippen molar-refractivity contribution >= 4 is 13.6 Å². The van der Waals surface area contributed by atoms with Crippen LogP contribution in [0.2, 0.25) is 0 Å². The quantitative estimate of drug-likeness (QED) is 0.618. The van der Waals surface area contributed by atoms with Gasteiger partial charge in [-0.15, -0.1) is 0 Å². The molecule has 25 heavy (non-hydrogen) atoms. The Bertz CT molecular complexity index is 680. The fourth-order valence-corrected chi connectivity index (χ4v) is 3.99. The van der Waals surface area contributed by atoms with Gasteiger partial charge in [0.25, 0.3) is 0 Å². The number of Topliss-reactive ketones (excluding diaryl/α,β-unsaturated/α-hetero) is 1. The van der Waals surface area contributed by atoms with Crippen LogP contribution in [0.5, 0.6) is 11.5 Å². The van der Waals surface area contributed by atoms with E-state index in [9.17, 15) is 9.36 Å². The predicted octanol–water partition coefficient (Wildman–Crippen LogP) is 5.03. The van der Waals surface area contributed by atoms with Crippen LogP contribution >= 0.6 is 7.82 Å². The zero-order chi connectivity index (χ0) is 17.5. The zero-order valence-electron chi connectivity index (χ0n) is 13.9. The minimum Gasteiger partial charge on any atom is -0.395 e. The highest BCUT2D eigenvalue weighted by molar-refractivity contribution is 7.49. The van der Waals surface area contributed by atoms with Crippen molar-refractivity contribution in [3.8, 4) is 11.5 Å². The maximum absolute atomic E-state index is 13.1. The molecule has 132 valence electrons. The van der Waals surface area contributed by atoms with Gasteiger partial charge in [0.05, 0.1) is 0 Å². The summed E-state index contributed by atoms with van der Waals surface area (Å²) >= 11 is 0. The minimum atomic E-state index is -3.98. The second-order valence-corrected chi connectivity index (χ2v) is 7.49. The maximum Gasteiger partial charge on any atom is 0.587 e. The number of phosphoric acid groups is 1. The SMILES string of the molecule is O=C(COP(=O)(Oc1ccccc1)Oc1ccccc1)C1CCCC1. The van der Waals surface area contributed by atoms with Crippen LogP contribution in [0.15, 0.2) is 60.7 Å². The molecule has 1 aliphatic carbocycles. The van der Waals surface area contributed by atoms with Gasteiger partial charge in [0.2, 0.25) is 0 Å². The molecule has 0 bridgehead atoms. The van der Waals surface area contributed by atoms with Crippen LogP contribution < -0.4 is 9.05 Å². The third kappa shape index (κ3) is 5.18. The lowest BCUT2D eigenvalue weighted by atomic mass is 10.0. The monoisotopic (exact) mass is 360 g/mol. The lowest BCUT2D eigenvalue weighted by molar-refractivity contribution is -0.125. The Morgan fingerprint density at radius 2 is 1.36 bits per heavy atom. The van der Waals surface area contributed by atoms with E-state index in [1.54, 1.807) is 48.5 Å². The van der Waals surface area contributed by atoms with Gasteiger partial charge in [-0.3, -0.25) is 9.32 Å². The zero-order valence-corrected chi connectivity index (χ0v) is 14.8. The van der Waals surface area contributed by atoms with Crippen molar-refractivity contribution < 1.29 is 22.9 Å².